The monoisotopic (exact) mass is 202 g/mol. The number of carbonyl (C=O) groups excluding carboxylic acids is 2. The van der Waals surface area contributed by atoms with E-state index in [0.717, 1.165) is 5.56 Å². The molecule has 1 aromatic rings. The molecule has 1 amide bonds. The first-order valence-corrected chi connectivity index (χ1v) is 4.60. The van der Waals surface area contributed by atoms with Crippen molar-refractivity contribution in [2.24, 2.45) is 0 Å². The van der Waals surface area contributed by atoms with Crippen LogP contribution in [-0.2, 0) is 9.59 Å². The van der Waals surface area contributed by atoms with Gasteiger partial charge in [0, 0.05) is 5.57 Å². The molecule has 3 heteroatoms. The molecular weight excluding hydrogens is 190 g/mol. The minimum atomic E-state index is -0.248. The van der Waals surface area contributed by atoms with E-state index in [9.17, 15) is 9.59 Å². The Bertz CT molecular complexity index is 368. The van der Waals surface area contributed by atoms with E-state index in [1.807, 2.05) is 30.3 Å². The third kappa shape index (κ3) is 3.77. The summed E-state index contributed by atoms with van der Waals surface area (Å²) in [6.07, 6.45) is 3.37. The van der Waals surface area contributed by atoms with Crippen LogP contribution in [0, 0.1) is 0 Å². The van der Waals surface area contributed by atoms with E-state index in [1.165, 1.54) is 0 Å². The average molecular weight is 202 g/mol. The van der Waals surface area contributed by atoms with Crippen LogP contribution in [0.1, 0.15) is 12.5 Å². The van der Waals surface area contributed by atoms with Gasteiger partial charge in [0.2, 0.25) is 12.2 Å². The summed E-state index contributed by atoms with van der Waals surface area (Å²) in [4.78, 5) is 21.3. The first kappa shape index (κ1) is 11.2. The zero-order valence-corrected chi connectivity index (χ0v) is 8.49. The van der Waals surface area contributed by atoms with Crippen molar-refractivity contribution in [2.75, 3.05) is 6.54 Å². The van der Waals surface area contributed by atoms with Crippen LogP contribution in [0.4, 0.5) is 0 Å². The van der Waals surface area contributed by atoms with E-state index < -0.39 is 0 Å². The molecule has 0 unspecified atom stereocenters. The summed E-state index contributed by atoms with van der Waals surface area (Å²) < 4.78 is 0. The molecule has 0 fully saturated rings. The molecule has 3 nitrogen and oxygen atoms in total. The zero-order valence-electron chi connectivity index (χ0n) is 8.49. The molecule has 0 spiro atoms. The van der Waals surface area contributed by atoms with Gasteiger partial charge < -0.3 is 5.32 Å². The molecule has 0 aliphatic heterocycles. The number of benzene rings is 1. The Hall–Kier alpha value is -1.90. The summed E-state index contributed by atoms with van der Waals surface area (Å²) in [7, 11) is 0. The summed E-state index contributed by atoms with van der Waals surface area (Å²) >= 11 is 0. The summed E-state index contributed by atoms with van der Waals surface area (Å²) in [5.41, 5.74) is 1.52. The Labute approximate surface area is 88.8 Å². The molecule has 77 valence electrons. The Balaban J connectivity index is 2.67. The number of amides is 1. The minimum absolute atomic E-state index is 0.0706. The van der Waals surface area contributed by atoms with Gasteiger partial charge in [0.15, 0.2) is 0 Å². The van der Waals surface area contributed by atoms with E-state index >= 15 is 0 Å². The third-order valence-corrected chi connectivity index (χ3v) is 1.86. The predicted octanol–water partition coefficient (Wildman–Crippen LogP) is 1.32. The highest BCUT2D eigenvalue weighted by Gasteiger charge is 2.02. The second-order valence-corrected chi connectivity index (χ2v) is 3.07. The Morgan fingerprint density at radius 3 is 2.67 bits per heavy atom. The minimum Gasteiger partial charge on any atom is -0.345 e. The van der Waals surface area contributed by atoms with Crippen LogP contribution >= 0.6 is 0 Å². The highest BCUT2D eigenvalue weighted by Crippen LogP contribution is 2.05. The molecule has 1 N–H and O–H groups in total. The van der Waals surface area contributed by atoms with Crippen LogP contribution in [0.15, 0.2) is 35.9 Å². The van der Waals surface area contributed by atoms with Crippen LogP contribution in [0.5, 0.6) is 0 Å². The standard InChI is InChI=1S/C12H12NO2/c1-10(12(15)13-7-8-14)9-11-5-3-2-4-6-11/h2-6,9H,7H2,1H3,(H,13,15)/b10-9+. The van der Waals surface area contributed by atoms with Crippen molar-refractivity contribution in [1.29, 1.82) is 0 Å². The van der Waals surface area contributed by atoms with Gasteiger partial charge in [0.25, 0.3) is 0 Å². The maximum absolute atomic E-state index is 11.3. The predicted molar refractivity (Wildman–Crippen MR) is 58.8 cm³/mol. The lowest BCUT2D eigenvalue weighted by atomic mass is 10.1. The molecule has 1 rings (SSSR count). The Kier molecular flexibility index (Phi) is 4.29. The van der Waals surface area contributed by atoms with Crippen molar-refractivity contribution >= 4 is 18.3 Å². The molecule has 0 aliphatic carbocycles. The zero-order chi connectivity index (χ0) is 11.1. The lowest BCUT2D eigenvalue weighted by Crippen LogP contribution is -2.25. The molecule has 0 saturated heterocycles. The van der Waals surface area contributed by atoms with Crippen LogP contribution in [0.25, 0.3) is 6.08 Å². The average Bonchev–Trinajstić information content (AvgIpc) is 2.27. The number of carbonyl (C=O) groups is 1. The fraction of sp³-hybridized carbons (Fsp3) is 0.167. The van der Waals surface area contributed by atoms with E-state index in [4.69, 9.17) is 0 Å². The summed E-state index contributed by atoms with van der Waals surface area (Å²) in [6.45, 7) is 1.63. The van der Waals surface area contributed by atoms with Crippen molar-refractivity contribution in [1.82, 2.24) is 5.32 Å². The van der Waals surface area contributed by atoms with Crippen LogP contribution in [0.3, 0.4) is 0 Å². The van der Waals surface area contributed by atoms with Gasteiger partial charge in [-0.1, -0.05) is 30.3 Å². The summed E-state index contributed by atoms with van der Waals surface area (Å²) in [5.74, 6) is -0.248. The fourth-order valence-electron chi connectivity index (χ4n) is 1.12. The normalized spacial score (nSPS) is 10.9. The third-order valence-electron chi connectivity index (χ3n) is 1.86. The molecule has 0 aromatic heterocycles. The van der Waals surface area contributed by atoms with Gasteiger partial charge in [-0.15, -0.1) is 0 Å². The second kappa shape index (κ2) is 5.75. The topological polar surface area (TPSA) is 46.2 Å². The quantitative estimate of drug-likeness (QED) is 0.748. The maximum atomic E-state index is 11.3. The van der Waals surface area contributed by atoms with E-state index in [-0.39, 0.29) is 12.5 Å². The van der Waals surface area contributed by atoms with Crippen molar-refractivity contribution in [3.8, 4) is 0 Å². The molecular formula is C12H12NO2. The van der Waals surface area contributed by atoms with Gasteiger partial charge in [-0.2, -0.15) is 0 Å². The van der Waals surface area contributed by atoms with Crippen LogP contribution in [-0.4, -0.2) is 18.7 Å². The number of rotatable bonds is 4. The van der Waals surface area contributed by atoms with Gasteiger partial charge in [0.1, 0.15) is 0 Å². The number of hydrogen-bond acceptors (Lipinski definition) is 2. The lowest BCUT2D eigenvalue weighted by Gasteiger charge is -2.00. The highest BCUT2D eigenvalue weighted by molar-refractivity contribution is 5.97. The van der Waals surface area contributed by atoms with Crippen molar-refractivity contribution < 1.29 is 9.59 Å². The first-order chi connectivity index (χ1) is 7.24. The maximum Gasteiger partial charge on any atom is 0.247 e. The van der Waals surface area contributed by atoms with E-state index in [2.05, 4.69) is 5.32 Å². The SMILES string of the molecule is C/C(=C\c1ccccc1)C(=O)NC[C]=O. The summed E-state index contributed by atoms with van der Waals surface area (Å²) in [5, 5.41) is 2.42. The van der Waals surface area contributed by atoms with Crippen LogP contribution in [0.2, 0.25) is 0 Å². The molecule has 1 radical (unpaired) electrons. The largest absolute Gasteiger partial charge is 0.345 e. The highest BCUT2D eigenvalue weighted by atomic mass is 16.2. The van der Waals surface area contributed by atoms with Gasteiger partial charge in [-0.05, 0) is 18.6 Å². The smallest absolute Gasteiger partial charge is 0.247 e. The van der Waals surface area contributed by atoms with E-state index in [0.29, 0.717) is 5.57 Å². The molecule has 0 atom stereocenters. The number of hydrogen-bond donors (Lipinski definition) is 1. The van der Waals surface area contributed by atoms with Crippen LogP contribution < -0.4 is 5.32 Å². The lowest BCUT2D eigenvalue weighted by molar-refractivity contribution is -0.117. The summed E-state index contributed by atoms with van der Waals surface area (Å²) in [6, 6.07) is 9.52. The van der Waals surface area contributed by atoms with Crippen molar-refractivity contribution in [3.63, 3.8) is 0 Å². The van der Waals surface area contributed by atoms with Gasteiger partial charge >= 0.3 is 0 Å². The molecule has 0 bridgehead atoms. The molecule has 0 heterocycles. The molecule has 0 aliphatic rings. The Morgan fingerprint density at radius 1 is 1.40 bits per heavy atom. The molecule has 1 aromatic carbocycles. The Morgan fingerprint density at radius 2 is 2.07 bits per heavy atom. The first-order valence-electron chi connectivity index (χ1n) is 4.60. The number of nitrogens with one attached hydrogen (secondary N) is 1. The van der Waals surface area contributed by atoms with Crippen molar-refractivity contribution in [3.05, 3.63) is 41.5 Å². The second-order valence-electron chi connectivity index (χ2n) is 3.07. The van der Waals surface area contributed by atoms with Gasteiger partial charge in [-0.25, -0.2) is 0 Å². The molecule has 15 heavy (non-hydrogen) atoms. The molecule has 0 saturated carbocycles. The van der Waals surface area contributed by atoms with Gasteiger partial charge in [0.05, 0.1) is 6.54 Å². The fourth-order valence-corrected chi connectivity index (χ4v) is 1.12. The van der Waals surface area contributed by atoms with Gasteiger partial charge in [-0.3, -0.25) is 9.59 Å². The van der Waals surface area contributed by atoms with E-state index in [1.54, 1.807) is 19.3 Å². The van der Waals surface area contributed by atoms with Crippen molar-refractivity contribution in [2.45, 2.75) is 6.92 Å².